The Morgan fingerprint density at radius 3 is 2.24 bits per heavy atom. The molecule has 0 spiro atoms. The van der Waals surface area contributed by atoms with Crippen LogP contribution in [0.1, 0.15) is 52.5 Å². The maximum atomic E-state index is 14.3. The van der Waals surface area contributed by atoms with Gasteiger partial charge in [0.25, 0.3) is 0 Å². The molecule has 0 aliphatic carbocycles. The van der Waals surface area contributed by atoms with Gasteiger partial charge in [0.05, 0.1) is 21.7 Å². The SMILES string of the molecule is CC(C)(C)Cn1cc([C@H](CC(C)(C)S(N)=O)C(F)(F)F)c2ccc(-c3ccccc3Cl)cc21. The second-order valence-electron chi connectivity index (χ2n) is 10.3. The van der Waals surface area contributed by atoms with E-state index in [9.17, 15) is 17.4 Å². The first kappa shape index (κ1) is 25.8. The first-order valence-corrected chi connectivity index (χ1v) is 12.3. The normalized spacial score (nSPS) is 15.1. The summed E-state index contributed by atoms with van der Waals surface area (Å²) in [6.45, 7) is 9.67. The summed E-state index contributed by atoms with van der Waals surface area (Å²) in [4.78, 5) is 0. The molecule has 0 saturated heterocycles. The van der Waals surface area contributed by atoms with Crippen molar-refractivity contribution in [1.29, 1.82) is 0 Å². The minimum atomic E-state index is -4.51. The van der Waals surface area contributed by atoms with Gasteiger partial charge in [0.15, 0.2) is 0 Å². The summed E-state index contributed by atoms with van der Waals surface area (Å²) in [5.41, 5.74) is 2.37. The smallest absolute Gasteiger partial charge is 0.347 e. The Morgan fingerprint density at radius 2 is 1.70 bits per heavy atom. The molecule has 180 valence electrons. The van der Waals surface area contributed by atoms with Crippen LogP contribution in [-0.2, 0) is 17.5 Å². The number of rotatable bonds is 6. The van der Waals surface area contributed by atoms with Gasteiger partial charge in [-0.25, -0.2) is 4.21 Å². The third kappa shape index (κ3) is 5.81. The highest BCUT2D eigenvalue weighted by Gasteiger charge is 2.46. The zero-order valence-electron chi connectivity index (χ0n) is 19.5. The lowest BCUT2D eigenvalue weighted by molar-refractivity contribution is -0.152. The van der Waals surface area contributed by atoms with E-state index in [4.69, 9.17) is 16.7 Å². The highest BCUT2D eigenvalue weighted by molar-refractivity contribution is 7.84. The number of hydrogen-bond acceptors (Lipinski definition) is 1. The predicted molar refractivity (Wildman–Crippen MR) is 132 cm³/mol. The summed E-state index contributed by atoms with van der Waals surface area (Å²) in [5, 5.41) is 6.63. The van der Waals surface area contributed by atoms with Crippen LogP contribution in [0.2, 0.25) is 5.02 Å². The van der Waals surface area contributed by atoms with Crippen molar-refractivity contribution < 1.29 is 17.4 Å². The first-order valence-electron chi connectivity index (χ1n) is 10.7. The Hall–Kier alpha value is -1.83. The number of benzene rings is 2. The molecule has 2 aromatic carbocycles. The molecular formula is C25H30ClF3N2OS. The summed E-state index contributed by atoms with van der Waals surface area (Å²) in [7, 11) is -1.90. The molecule has 1 aromatic heterocycles. The second-order valence-corrected chi connectivity index (χ2v) is 12.4. The molecule has 1 unspecified atom stereocenters. The van der Waals surface area contributed by atoms with Gasteiger partial charge in [0.1, 0.15) is 0 Å². The van der Waals surface area contributed by atoms with E-state index >= 15 is 0 Å². The third-order valence-electron chi connectivity index (χ3n) is 5.75. The maximum Gasteiger partial charge on any atom is 0.395 e. The zero-order chi connectivity index (χ0) is 24.8. The quantitative estimate of drug-likeness (QED) is 0.377. The molecule has 3 rings (SSSR count). The minimum absolute atomic E-state index is 0.157. The molecule has 2 N–H and O–H groups in total. The van der Waals surface area contributed by atoms with Gasteiger partial charge in [-0.2, -0.15) is 13.2 Å². The van der Waals surface area contributed by atoms with Gasteiger partial charge in [0.2, 0.25) is 0 Å². The van der Waals surface area contributed by atoms with E-state index in [1.165, 1.54) is 13.8 Å². The van der Waals surface area contributed by atoms with Crippen LogP contribution in [0.15, 0.2) is 48.7 Å². The van der Waals surface area contributed by atoms with Gasteiger partial charge in [-0.3, -0.25) is 5.14 Å². The van der Waals surface area contributed by atoms with E-state index in [1.54, 1.807) is 24.4 Å². The number of nitrogens with two attached hydrogens (primary N) is 1. The average molecular weight is 499 g/mol. The van der Waals surface area contributed by atoms with Crippen LogP contribution in [0.3, 0.4) is 0 Å². The largest absolute Gasteiger partial charge is 0.395 e. The van der Waals surface area contributed by atoms with Gasteiger partial charge in [0, 0.05) is 34.2 Å². The van der Waals surface area contributed by atoms with E-state index in [1.807, 2.05) is 49.6 Å². The Kier molecular flexibility index (Phi) is 7.10. The Balaban J connectivity index is 2.24. The van der Waals surface area contributed by atoms with E-state index in [-0.39, 0.29) is 17.4 Å². The summed E-state index contributed by atoms with van der Waals surface area (Å²) in [5.74, 6) is -1.80. The third-order valence-corrected chi connectivity index (χ3v) is 7.34. The molecule has 33 heavy (non-hydrogen) atoms. The monoisotopic (exact) mass is 498 g/mol. The molecule has 3 nitrogen and oxygen atoms in total. The summed E-state index contributed by atoms with van der Waals surface area (Å²) in [6, 6.07) is 12.8. The molecule has 3 aromatic rings. The Labute approximate surface area is 200 Å². The van der Waals surface area contributed by atoms with Crippen molar-refractivity contribution in [2.45, 2.75) is 64.4 Å². The molecule has 2 atom stereocenters. The standard InChI is InChI=1S/C25H30ClF3N2OS/c1-23(2,3)15-31-14-19(20(25(27,28)29)13-24(4,5)33(30)32)18-11-10-16(12-22(18)31)17-8-6-7-9-21(17)26/h6-12,14,20H,13,15,30H2,1-5H3/t20-,33?/m0/s1. The zero-order valence-corrected chi connectivity index (χ0v) is 21.0. The van der Waals surface area contributed by atoms with Crippen LogP contribution >= 0.6 is 11.6 Å². The molecule has 0 bridgehead atoms. The van der Waals surface area contributed by atoms with Crippen LogP contribution in [-0.4, -0.2) is 19.7 Å². The molecule has 8 heteroatoms. The van der Waals surface area contributed by atoms with Crippen LogP contribution in [0, 0.1) is 5.41 Å². The molecule has 0 amide bonds. The van der Waals surface area contributed by atoms with E-state index in [0.717, 1.165) is 11.1 Å². The number of nitrogens with zero attached hydrogens (tertiary/aromatic N) is 1. The fourth-order valence-electron chi connectivity index (χ4n) is 4.08. The fourth-order valence-corrected chi connectivity index (χ4v) is 4.65. The fraction of sp³-hybridized carbons (Fsp3) is 0.440. The van der Waals surface area contributed by atoms with Crippen molar-refractivity contribution in [1.82, 2.24) is 4.57 Å². The maximum absolute atomic E-state index is 14.3. The molecule has 0 radical (unpaired) electrons. The van der Waals surface area contributed by atoms with Gasteiger partial charge in [-0.15, -0.1) is 0 Å². The number of hydrogen-bond donors (Lipinski definition) is 1. The van der Waals surface area contributed by atoms with Crippen LogP contribution in [0.25, 0.3) is 22.0 Å². The van der Waals surface area contributed by atoms with Crippen LogP contribution < -0.4 is 5.14 Å². The van der Waals surface area contributed by atoms with E-state index < -0.39 is 27.8 Å². The average Bonchev–Trinajstić information content (AvgIpc) is 3.01. The van der Waals surface area contributed by atoms with E-state index in [2.05, 4.69) is 0 Å². The molecule has 0 aliphatic rings. The van der Waals surface area contributed by atoms with Crippen LogP contribution in [0.5, 0.6) is 0 Å². The minimum Gasteiger partial charge on any atom is -0.347 e. The highest BCUT2D eigenvalue weighted by atomic mass is 35.5. The predicted octanol–water partition coefficient (Wildman–Crippen LogP) is 7.44. The second kappa shape index (κ2) is 9.08. The van der Waals surface area contributed by atoms with Gasteiger partial charge < -0.3 is 4.57 Å². The first-order chi connectivity index (χ1) is 15.1. The number of aromatic nitrogens is 1. The summed E-state index contributed by atoms with van der Waals surface area (Å²) < 4.78 is 55.6. The highest BCUT2D eigenvalue weighted by Crippen LogP contribution is 2.45. The van der Waals surface area contributed by atoms with Crippen LogP contribution in [0.4, 0.5) is 13.2 Å². The summed E-state index contributed by atoms with van der Waals surface area (Å²) in [6.07, 6.45) is -3.29. The molecular weight excluding hydrogens is 469 g/mol. The van der Waals surface area contributed by atoms with Crippen molar-refractivity contribution in [3.05, 3.63) is 59.2 Å². The lowest BCUT2D eigenvalue weighted by atomic mass is 9.88. The Bertz CT molecular complexity index is 1180. The lowest BCUT2D eigenvalue weighted by Crippen LogP contribution is -2.37. The lowest BCUT2D eigenvalue weighted by Gasteiger charge is -2.29. The Morgan fingerprint density at radius 1 is 1.06 bits per heavy atom. The molecule has 0 aliphatic heterocycles. The molecule has 0 saturated carbocycles. The number of halogens is 4. The molecule has 0 fully saturated rings. The van der Waals surface area contributed by atoms with Crippen molar-refractivity contribution in [3.8, 4) is 11.1 Å². The van der Waals surface area contributed by atoms with Crippen molar-refractivity contribution in [3.63, 3.8) is 0 Å². The van der Waals surface area contributed by atoms with Crippen molar-refractivity contribution >= 4 is 33.5 Å². The van der Waals surface area contributed by atoms with Gasteiger partial charge >= 0.3 is 6.18 Å². The topological polar surface area (TPSA) is 48.0 Å². The van der Waals surface area contributed by atoms with Crippen molar-refractivity contribution in [2.24, 2.45) is 10.6 Å². The van der Waals surface area contributed by atoms with Gasteiger partial charge in [-0.1, -0.05) is 62.7 Å². The van der Waals surface area contributed by atoms with Gasteiger partial charge in [-0.05, 0) is 48.9 Å². The molecule has 1 heterocycles. The summed E-state index contributed by atoms with van der Waals surface area (Å²) >= 11 is 6.38. The number of fused-ring (bicyclic) bond motifs is 1. The number of alkyl halides is 3. The van der Waals surface area contributed by atoms with Crippen molar-refractivity contribution in [2.75, 3.05) is 0 Å². The van der Waals surface area contributed by atoms with E-state index in [0.29, 0.717) is 22.5 Å².